The second kappa shape index (κ2) is 8.72. The zero-order chi connectivity index (χ0) is 17.4. The van der Waals surface area contributed by atoms with Crippen molar-refractivity contribution >= 4 is 11.6 Å². The molecule has 24 heavy (non-hydrogen) atoms. The number of nitrogens with zero attached hydrogens (tertiary/aromatic N) is 1. The maximum Gasteiger partial charge on any atom is 0.273 e. The fourth-order valence-corrected chi connectivity index (χ4v) is 2.29. The maximum absolute atomic E-state index is 12.2. The number of aryl methyl sites for hydroxylation is 1. The lowest BCUT2D eigenvalue weighted by molar-refractivity contribution is -0.114. The monoisotopic (exact) mass is 326 g/mol. The largest absolute Gasteiger partial charge is 0.489 e. The van der Waals surface area contributed by atoms with E-state index in [1.807, 2.05) is 62.4 Å². The van der Waals surface area contributed by atoms with Gasteiger partial charge in [0.15, 0.2) is 5.71 Å². The van der Waals surface area contributed by atoms with Crippen LogP contribution in [0.5, 0.6) is 5.75 Å². The third kappa shape index (κ3) is 4.59. The molecule has 0 spiro atoms. The minimum absolute atomic E-state index is 0.239. The zero-order valence-electron chi connectivity index (χ0n) is 14.2. The fraction of sp³-hybridized carbons (Fsp3) is 0.263. The number of oxime groups is 1. The first-order valence-corrected chi connectivity index (χ1v) is 7.82. The number of amides is 1. The molecule has 0 unspecified atom stereocenters. The van der Waals surface area contributed by atoms with Gasteiger partial charge in [-0.1, -0.05) is 41.6 Å². The van der Waals surface area contributed by atoms with E-state index >= 15 is 0 Å². The summed E-state index contributed by atoms with van der Waals surface area (Å²) in [6, 6.07) is 15.3. The molecule has 1 N–H and O–H groups in total. The summed E-state index contributed by atoms with van der Waals surface area (Å²) >= 11 is 0. The van der Waals surface area contributed by atoms with Crippen molar-refractivity contribution < 1.29 is 14.4 Å². The number of hydrogen-bond acceptors (Lipinski definition) is 4. The van der Waals surface area contributed by atoms with E-state index in [9.17, 15) is 4.79 Å². The van der Waals surface area contributed by atoms with Crippen LogP contribution in [-0.4, -0.2) is 25.3 Å². The van der Waals surface area contributed by atoms with Crippen molar-refractivity contribution in [3.05, 3.63) is 65.2 Å². The maximum atomic E-state index is 12.2. The Morgan fingerprint density at radius 1 is 1.17 bits per heavy atom. The third-order valence-corrected chi connectivity index (χ3v) is 3.39. The van der Waals surface area contributed by atoms with Crippen molar-refractivity contribution in [3.63, 3.8) is 0 Å². The molecule has 0 radical (unpaired) electrons. The lowest BCUT2D eigenvalue weighted by Gasteiger charge is -2.12. The Balaban J connectivity index is 2.25. The molecule has 2 rings (SSSR count). The van der Waals surface area contributed by atoms with Crippen molar-refractivity contribution in [2.24, 2.45) is 5.16 Å². The Kier molecular flexibility index (Phi) is 6.37. The highest BCUT2D eigenvalue weighted by Gasteiger charge is 2.18. The highest BCUT2D eigenvalue weighted by molar-refractivity contribution is 6.45. The SMILES string of the molecule is CCNC(=O)/C(=N\OC)c1ccccc1COc1cccc(C)c1. The first-order chi connectivity index (χ1) is 11.7. The third-order valence-electron chi connectivity index (χ3n) is 3.39. The molecule has 0 saturated carbocycles. The number of benzene rings is 2. The summed E-state index contributed by atoms with van der Waals surface area (Å²) in [5.74, 6) is 0.510. The van der Waals surface area contributed by atoms with Crippen LogP contribution in [0, 0.1) is 6.92 Å². The average Bonchev–Trinajstić information content (AvgIpc) is 2.58. The van der Waals surface area contributed by atoms with E-state index in [0.29, 0.717) is 18.7 Å². The molecular weight excluding hydrogens is 304 g/mol. The molecule has 0 aromatic heterocycles. The molecule has 2 aromatic rings. The van der Waals surface area contributed by atoms with Crippen molar-refractivity contribution in [2.45, 2.75) is 20.5 Å². The number of carbonyl (C=O) groups excluding carboxylic acids is 1. The topological polar surface area (TPSA) is 59.9 Å². The Hall–Kier alpha value is -2.82. The van der Waals surface area contributed by atoms with Gasteiger partial charge in [0.1, 0.15) is 19.5 Å². The van der Waals surface area contributed by atoms with Gasteiger partial charge < -0.3 is 14.9 Å². The molecule has 0 atom stereocenters. The highest BCUT2D eigenvalue weighted by atomic mass is 16.6. The molecule has 0 bridgehead atoms. The minimum Gasteiger partial charge on any atom is -0.489 e. The summed E-state index contributed by atoms with van der Waals surface area (Å²) in [7, 11) is 1.42. The predicted octanol–water partition coefficient (Wildman–Crippen LogP) is 3.06. The van der Waals surface area contributed by atoms with E-state index in [-0.39, 0.29) is 11.6 Å². The molecule has 2 aromatic carbocycles. The molecule has 0 aliphatic carbocycles. The van der Waals surface area contributed by atoms with Gasteiger partial charge in [-0.15, -0.1) is 0 Å². The second-order valence-corrected chi connectivity index (χ2v) is 5.24. The molecule has 1 amide bonds. The standard InChI is InChI=1S/C19H22N2O3/c1-4-20-19(22)18(21-23-3)17-11-6-5-9-15(17)13-24-16-10-7-8-14(2)12-16/h5-12H,4,13H2,1-3H3,(H,20,22)/b21-18-. The second-order valence-electron chi connectivity index (χ2n) is 5.24. The van der Waals surface area contributed by atoms with Gasteiger partial charge in [0.25, 0.3) is 5.91 Å². The van der Waals surface area contributed by atoms with Gasteiger partial charge in [-0.3, -0.25) is 4.79 Å². The minimum atomic E-state index is -0.276. The summed E-state index contributed by atoms with van der Waals surface area (Å²) in [5.41, 5.74) is 2.92. The van der Waals surface area contributed by atoms with Crippen LogP contribution in [-0.2, 0) is 16.2 Å². The summed E-state index contributed by atoms with van der Waals surface area (Å²) in [5, 5.41) is 6.64. The molecule has 5 heteroatoms. The molecule has 126 valence electrons. The van der Waals surface area contributed by atoms with E-state index in [0.717, 1.165) is 16.9 Å². The van der Waals surface area contributed by atoms with Crippen molar-refractivity contribution in [3.8, 4) is 5.75 Å². The number of likely N-dealkylation sites (N-methyl/N-ethyl adjacent to an activating group) is 1. The molecular formula is C19H22N2O3. The van der Waals surface area contributed by atoms with Crippen molar-refractivity contribution in [2.75, 3.05) is 13.7 Å². The fourth-order valence-electron chi connectivity index (χ4n) is 2.29. The van der Waals surface area contributed by atoms with Crippen LogP contribution in [0.25, 0.3) is 0 Å². The lowest BCUT2D eigenvalue weighted by Crippen LogP contribution is -2.32. The smallest absolute Gasteiger partial charge is 0.273 e. The number of hydrogen-bond donors (Lipinski definition) is 1. The molecule has 0 aliphatic heterocycles. The molecule has 0 aliphatic rings. The van der Waals surface area contributed by atoms with Crippen LogP contribution in [0.3, 0.4) is 0 Å². The molecule has 0 fully saturated rings. The van der Waals surface area contributed by atoms with E-state index in [4.69, 9.17) is 9.57 Å². The van der Waals surface area contributed by atoms with Crippen LogP contribution in [0.1, 0.15) is 23.6 Å². The summed E-state index contributed by atoms with van der Waals surface area (Å²) in [6.45, 7) is 4.72. The number of nitrogens with one attached hydrogen (secondary N) is 1. The van der Waals surface area contributed by atoms with Crippen LogP contribution < -0.4 is 10.1 Å². The van der Waals surface area contributed by atoms with Gasteiger partial charge in [-0.25, -0.2) is 0 Å². The first kappa shape index (κ1) is 17.5. The zero-order valence-corrected chi connectivity index (χ0v) is 14.2. The Morgan fingerprint density at radius 3 is 2.67 bits per heavy atom. The van der Waals surface area contributed by atoms with Gasteiger partial charge in [-0.05, 0) is 37.1 Å². The Morgan fingerprint density at radius 2 is 1.96 bits per heavy atom. The lowest BCUT2D eigenvalue weighted by atomic mass is 10.0. The summed E-state index contributed by atoms with van der Waals surface area (Å²) in [4.78, 5) is 17.1. The van der Waals surface area contributed by atoms with E-state index in [1.54, 1.807) is 0 Å². The predicted molar refractivity (Wildman–Crippen MR) is 94.2 cm³/mol. The number of rotatable bonds is 7. The van der Waals surface area contributed by atoms with Gasteiger partial charge in [0, 0.05) is 12.1 Å². The first-order valence-electron chi connectivity index (χ1n) is 7.82. The van der Waals surface area contributed by atoms with Gasteiger partial charge in [-0.2, -0.15) is 0 Å². The van der Waals surface area contributed by atoms with Crippen LogP contribution in [0.2, 0.25) is 0 Å². The molecule has 0 heterocycles. The molecule has 0 saturated heterocycles. The highest BCUT2D eigenvalue weighted by Crippen LogP contribution is 2.17. The van der Waals surface area contributed by atoms with Crippen molar-refractivity contribution in [1.29, 1.82) is 0 Å². The summed E-state index contributed by atoms with van der Waals surface area (Å²) < 4.78 is 5.85. The van der Waals surface area contributed by atoms with E-state index < -0.39 is 0 Å². The normalized spacial score (nSPS) is 11.0. The number of carbonyl (C=O) groups is 1. The Bertz CT molecular complexity index is 726. The van der Waals surface area contributed by atoms with Gasteiger partial charge in [0.05, 0.1) is 0 Å². The number of ether oxygens (including phenoxy) is 1. The van der Waals surface area contributed by atoms with Crippen LogP contribution in [0.15, 0.2) is 53.7 Å². The molecule has 5 nitrogen and oxygen atoms in total. The van der Waals surface area contributed by atoms with Gasteiger partial charge >= 0.3 is 0 Å². The van der Waals surface area contributed by atoms with Crippen LogP contribution in [0.4, 0.5) is 0 Å². The van der Waals surface area contributed by atoms with E-state index in [2.05, 4.69) is 10.5 Å². The average molecular weight is 326 g/mol. The summed E-state index contributed by atoms with van der Waals surface area (Å²) in [6.07, 6.45) is 0. The van der Waals surface area contributed by atoms with Crippen LogP contribution >= 0.6 is 0 Å². The Labute approximate surface area is 142 Å². The quantitative estimate of drug-likeness (QED) is 0.628. The van der Waals surface area contributed by atoms with Crippen molar-refractivity contribution in [1.82, 2.24) is 5.32 Å². The van der Waals surface area contributed by atoms with E-state index in [1.165, 1.54) is 7.11 Å². The van der Waals surface area contributed by atoms with Gasteiger partial charge in [0.2, 0.25) is 0 Å².